The summed E-state index contributed by atoms with van der Waals surface area (Å²) in [6.45, 7) is 5.58. The number of hydrogen-bond donors (Lipinski definition) is 1. The first-order valence-electron chi connectivity index (χ1n) is 4.83. The predicted octanol–water partition coefficient (Wildman–Crippen LogP) is 0.608. The number of amides is 1. The van der Waals surface area contributed by atoms with E-state index in [1.807, 2.05) is 4.90 Å². The molecule has 0 unspecified atom stereocenters. The van der Waals surface area contributed by atoms with E-state index < -0.39 is 0 Å². The number of carbonyl (C=O) groups excluding carboxylic acids is 1. The molecule has 0 aromatic heterocycles. The number of rotatable bonds is 5. The van der Waals surface area contributed by atoms with Crippen molar-refractivity contribution in [3.05, 3.63) is 0 Å². The number of nitrogens with zero attached hydrogens (tertiary/aromatic N) is 1. The topological polar surface area (TPSA) is 32.3 Å². The molecule has 1 heterocycles. The van der Waals surface area contributed by atoms with Crippen LogP contribution < -0.4 is 5.32 Å². The molecule has 0 atom stereocenters. The van der Waals surface area contributed by atoms with Gasteiger partial charge in [0.1, 0.15) is 0 Å². The van der Waals surface area contributed by atoms with E-state index in [0.717, 1.165) is 26.1 Å². The van der Waals surface area contributed by atoms with Crippen molar-refractivity contribution in [3.63, 3.8) is 0 Å². The van der Waals surface area contributed by atoms with Crippen LogP contribution >= 0.6 is 0 Å². The zero-order chi connectivity index (χ0) is 8.81. The molecule has 0 aliphatic carbocycles. The summed E-state index contributed by atoms with van der Waals surface area (Å²) in [7, 11) is 0. The lowest BCUT2D eigenvalue weighted by Gasteiger charge is -2.30. The molecule has 1 aliphatic rings. The fraction of sp³-hybridized carbons (Fsp3) is 0.889. The largest absolute Gasteiger partial charge is 0.341 e. The maximum absolute atomic E-state index is 11.3. The van der Waals surface area contributed by atoms with Crippen LogP contribution in [0.3, 0.4) is 0 Å². The van der Waals surface area contributed by atoms with E-state index in [1.165, 1.54) is 12.8 Å². The second-order valence-corrected chi connectivity index (χ2v) is 3.26. The molecule has 1 saturated heterocycles. The molecule has 1 N–H and O–H groups in total. The van der Waals surface area contributed by atoms with Crippen LogP contribution in [0.4, 0.5) is 0 Å². The maximum Gasteiger partial charge on any atom is 0.236 e. The van der Waals surface area contributed by atoms with Crippen LogP contribution in [-0.4, -0.2) is 37.0 Å². The van der Waals surface area contributed by atoms with E-state index in [-0.39, 0.29) is 5.91 Å². The molecule has 0 bridgehead atoms. The first-order valence-corrected chi connectivity index (χ1v) is 4.83. The average molecular weight is 170 g/mol. The van der Waals surface area contributed by atoms with Crippen molar-refractivity contribution in [2.75, 3.05) is 26.2 Å². The fourth-order valence-electron chi connectivity index (χ4n) is 1.17. The normalized spacial score (nSPS) is 15.9. The van der Waals surface area contributed by atoms with Gasteiger partial charge >= 0.3 is 0 Å². The van der Waals surface area contributed by atoms with Gasteiger partial charge in [-0.3, -0.25) is 4.79 Å². The molecule has 0 saturated carbocycles. The molecule has 0 spiro atoms. The number of nitrogens with one attached hydrogen (secondary N) is 1. The van der Waals surface area contributed by atoms with Gasteiger partial charge in [-0.1, -0.05) is 13.3 Å². The highest BCUT2D eigenvalue weighted by atomic mass is 16.2. The van der Waals surface area contributed by atoms with Crippen molar-refractivity contribution in [1.29, 1.82) is 0 Å². The Kier molecular flexibility index (Phi) is 4.08. The quantitative estimate of drug-likeness (QED) is 0.613. The minimum atomic E-state index is 0.261. The Morgan fingerprint density at radius 2 is 2.25 bits per heavy atom. The van der Waals surface area contributed by atoms with E-state index in [4.69, 9.17) is 0 Å². The number of likely N-dealkylation sites (tertiary alicyclic amines) is 1. The summed E-state index contributed by atoms with van der Waals surface area (Å²) < 4.78 is 0. The van der Waals surface area contributed by atoms with Crippen LogP contribution in [0.5, 0.6) is 0 Å². The van der Waals surface area contributed by atoms with Gasteiger partial charge in [0.25, 0.3) is 0 Å². The Balaban J connectivity index is 1.94. The van der Waals surface area contributed by atoms with Crippen LogP contribution in [0.2, 0.25) is 0 Å². The van der Waals surface area contributed by atoms with Gasteiger partial charge in [0, 0.05) is 13.1 Å². The van der Waals surface area contributed by atoms with Gasteiger partial charge in [-0.15, -0.1) is 0 Å². The molecule has 1 amide bonds. The van der Waals surface area contributed by atoms with Gasteiger partial charge in [-0.05, 0) is 19.4 Å². The molecule has 3 heteroatoms. The van der Waals surface area contributed by atoms with Crippen molar-refractivity contribution in [3.8, 4) is 0 Å². The molecule has 12 heavy (non-hydrogen) atoms. The Bertz CT molecular complexity index is 143. The fourth-order valence-corrected chi connectivity index (χ4v) is 1.17. The molecular formula is C9H18N2O. The lowest BCUT2D eigenvalue weighted by molar-refractivity contribution is -0.133. The van der Waals surface area contributed by atoms with E-state index in [2.05, 4.69) is 12.2 Å². The van der Waals surface area contributed by atoms with Gasteiger partial charge in [0.05, 0.1) is 6.54 Å². The minimum absolute atomic E-state index is 0.261. The number of hydrogen-bond acceptors (Lipinski definition) is 2. The van der Waals surface area contributed by atoms with Crippen molar-refractivity contribution >= 4 is 5.91 Å². The van der Waals surface area contributed by atoms with Crippen LogP contribution in [0.1, 0.15) is 26.2 Å². The second-order valence-electron chi connectivity index (χ2n) is 3.26. The Hall–Kier alpha value is -0.570. The maximum atomic E-state index is 11.3. The van der Waals surface area contributed by atoms with Gasteiger partial charge < -0.3 is 10.2 Å². The third-order valence-electron chi connectivity index (χ3n) is 2.19. The molecule has 0 radical (unpaired) electrons. The van der Waals surface area contributed by atoms with Crippen LogP contribution in [0, 0.1) is 0 Å². The van der Waals surface area contributed by atoms with E-state index in [1.54, 1.807) is 0 Å². The molecule has 70 valence electrons. The van der Waals surface area contributed by atoms with Crippen molar-refractivity contribution < 1.29 is 4.79 Å². The van der Waals surface area contributed by atoms with Crippen molar-refractivity contribution in [2.45, 2.75) is 26.2 Å². The van der Waals surface area contributed by atoms with Crippen LogP contribution in [-0.2, 0) is 4.79 Å². The summed E-state index contributed by atoms with van der Waals surface area (Å²) >= 11 is 0. The highest BCUT2D eigenvalue weighted by molar-refractivity contribution is 5.78. The molecule has 1 rings (SSSR count). The Labute approximate surface area is 74.1 Å². The number of unbranched alkanes of at least 4 members (excludes halogenated alkanes) is 1. The average Bonchev–Trinajstić information content (AvgIpc) is 1.95. The zero-order valence-electron chi connectivity index (χ0n) is 7.81. The lowest BCUT2D eigenvalue weighted by Crippen LogP contribution is -2.46. The van der Waals surface area contributed by atoms with Gasteiger partial charge in [0.2, 0.25) is 5.91 Å². The second kappa shape index (κ2) is 5.14. The Morgan fingerprint density at radius 1 is 1.50 bits per heavy atom. The van der Waals surface area contributed by atoms with Crippen molar-refractivity contribution in [2.24, 2.45) is 0 Å². The monoisotopic (exact) mass is 170 g/mol. The minimum Gasteiger partial charge on any atom is -0.341 e. The summed E-state index contributed by atoms with van der Waals surface area (Å²) in [6, 6.07) is 0. The molecule has 0 aromatic carbocycles. The zero-order valence-corrected chi connectivity index (χ0v) is 7.81. The van der Waals surface area contributed by atoms with Crippen LogP contribution in [0.15, 0.2) is 0 Å². The summed E-state index contributed by atoms with van der Waals surface area (Å²) in [4.78, 5) is 13.2. The third kappa shape index (κ3) is 2.81. The summed E-state index contributed by atoms with van der Waals surface area (Å²) in [5.74, 6) is 0.261. The molecule has 0 aromatic rings. The first-order chi connectivity index (χ1) is 5.84. The highest BCUT2D eigenvalue weighted by Gasteiger charge is 2.18. The van der Waals surface area contributed by atoms with E-state index in [0.29, 0.717) is 6.54 Å². The summed E-state index contributed by atoms with van der Waals surface area (Å²) in [5, 5.41) is 3.14. The molecule has 3 nitrogen and oxygen atoms in total. The first kappa shape index (κ1) is 9.52. The molecular weight excluding hydrogens is 152 g/mol. The SMILES string of the molecule is CCCCNCC(=O)N1CCC1. The van der Waals surface area contributed by atoms with Gasteiger partial charge in [-0.2, -0.15) is 0 Å². The lowest BCUT2D eigenvalue weighted by atomic mass is 10.2. The van der Waals surface area contributed by atoms with Gasteiger partial charge in [0.15, 0.2) is 0 Å². The van der Waals surface area contributed by atoms with Crippen molar-refractivity contribution in [1.82, 2.24) is 10.2 Å². The van der Waals surface area contributed by atoms with E-state index >= 15 is 0 Å². The standard InChI is InChI=1S/C9H18N2O/c1-2-3-5-10-8-9(12)11-6-4-7-11/h10H,2-8H2,1H3. The Morgan fingerprint density at radius 3 is 2.75 bits per heavy atom. The van der Waals surface area contributed by atoms with Gasteiger partial charge in [-0.25, -0.2) is 0 Å². The molecule has 1 aliphatic heterocycles. The molecule has 1 fully saturated rings. The highest BCUT2D eigenvalue weighted by Crippen LogP contribution is 2.04. The van der Waals surface area contributed by atoms with Crippen LogP contribution in [0.25, 0.3) is 0 Å². The van der Waals surface area contributed by atoms with E-state index in [9.17, 15) is 4.79 Å². The summed E-state index contributed by atoms with van der Waals surface area (Å²) in [6.07, 6.45) is 3.53. The number of carbonyl (C=O) groups is 1. The summed E-state index contributed by atoms with van der Waals surface area (Å²) in [5.41, 5.74) is 0. The third-order valence-corrected chi connectivity index (χ3v) is 2.19. The smallest absolute Gasteiger partial charge is 0.236 e. The predicted molar refractivity (Wildman–Crippen MR) is 49.0 cm³/mol.